The first-order chi connectivity index (χ1) is 17.6. The molecule has 1 aliphatic heterocycles. The first-order valence-corrected chi connectivity index (χ1v) is 11.5. The van der Waals surface area contributed by atoms with Gasteiger partial charge in [-0.15, -0.1) is 5.10 Å². The van der Waals surface area contributed by atoms with Crippen molar-refractivity contribution in [1.82, 2.24) is 35.0 Å². The number of carbonyl (C=O) groups is 1. The summed E-state index contributed by atoms with van der Waals surface area (Å²) in [7, 11) is 0. The van der Waals surface area contributed by atoms with E-state index in [9.17, 15) is 14.4 Å². The summed E-state index contributed by atoms with van der Waals surface area (Å²) < 4.78 is 7.14. The number of aromatic nitrogens is 6. The Hall–Kier alpha value is -4.74. The summed E-state index contributed by atoms with van der Waals surface area (Å²) in [6.45, 7) is 0.665. The number of fused-ring (bicyclic) bond motifs is 1. The molecule has 184 valence electrons. The molecule has 0 saturated carbocycles. The van der Waals surface area contributed by atoms with Crippen LogP contribution < -0.4 is 26.6 Å². The van der Waals surface area contributed by atoms with E-state index in [4.69, 9.17) is 4.74 Å². The molecule has 36 heavy (non-hydrogen) atoms. The number of aryl methyl sites for hydroxylation is 1. The second-order valence-electron chi connectivity index (χ2n) is 8.24. The molecule has 1 amide bonds. The molecule has 0 saturated heterocycles. The van der Waals surface area contributed by atoms with Crippen LogP contribution in [-0.4, -0.2) is 42.2 Å². The standard InChI is InChI=1S/C24H24N8O4/c33-21(28-13-15-5-1-2-7-19(15)36-24-29-23(35)30-31-24)18-9-8-17-14-27-20(22(34)32(17)18)26-12-10-16-6-3-4-11-25-16/h1-7,11,14,18H,8-10,12-13H2,(H,26,27)(H,28,33)(H2,29,30,31,35)/t18-/m0/s1. The van der Waals surface area contributed by atoms with Crippen LogP contribution in [0.25, 0.3) is 0 Å². The van der Waals surface area contributed by atoms with Gasteiger partial charge < -0.3 is 15.4 Å². The maximum atomic E-state index is 13.1. The summed E-state index contributed by atoms with van der Waals surface area (Å²) in [4.78, 5) is 48.5. The average molecular weight is 489 g/mol. The number of ether oxygens (including phenoxy) is 1. The van der Waals surface area contributed by atoms with E-state index in [1.54, 1.807) is 30.6 Å². The Morgan fingerprint density at radius 3 is 2.81 bits per heavy atom. The number of benzene rings is 1. The molecular formula is C24H24N8O4. The van der Waals surface area contributed by atoms with E-state index in [1.807, 2.05) is 24.3 Å². The molecule has 1 atom stereocenters. The number of nitrogens with one attached hydrogen (secondary N) is 4. The van der Waals surface area contributed by atoms with Crippen molar-refractivity contribution in [3.05, 3.63) is 92.6 Å². The molecule has 0 fully saturated rings. The molecule has 0 unspecified atom stereocenters. The average Bonchev–Trinajstić information content (AvgIpc) is 3.52. The van der Waals surface area contributed by atoms with Gasteiger partial charge in [-0.3, -0.25) is 24.1 Å². The normalized spacial score (nSPS) is 14.3. The molecule has 4 N–H and O–H groups in total. The quantitative estimate of drug-likeness (QED) is 0.274. The van der Waals surface area contributed by atoms with Gasteiger partial charge in [0.15, 0.2) is 5.82 Å². The molecule has 0 bridgehead atoms. The number of para-hydroxylation sites is 1. The van der Waals surface area contributed by atoms with Crippen LogP contribution in [0.1, 0.15) is 29.4 Å². The van der Waals surface area contributed by atoms with Gasteiger partial charge in [0.1, 0.15) is 11.8 Å². The van der Waals surface area contributed by atoms with Crippen molar-refractivity contribution in [2.45, 2.75) is 31.8 Å². The highest BCUT2D eigenvalue weighted by atomic mass is 16.5. The molecule has 4 heterocycles. The van der Waals surface area contributed by atoms with E-state index in [2.05, 4.69) is 35.8 Å². The highest BCUT2D eigenvalue weighted by molar-refractivity contribution is 5.81. The highest BCUT2D eigenvalue weighted by Gasteiger charge is 2.30. The number of aromatic amines is 2. The van der Waals surface area contributed by atoms with Gasteiger partial charge in [0.2, 0.25) is 5.91 Å². The van der Waals surface area contributed by atoms with E-state index >= 15 is 0 Å². The zero-order valence-corrected chi connectivity index (χ0v) is 19.2. The molecule has 3 aromatic heterocycles. The van der Waals surface area contributed by atoms with E-state index in [1.165, 1.54) is 4.57 Å². The number of H-pyrrole nitrogens is 2. The number of nitrogens with zero attached hydrogens (tertiary/aromatic N) is 4. The van der Waals surface area contributed by atoms with Gasteiger partial charge >= 0.3 is 11.7 Å². The minimum absolute atomic E-state index is 0.0191. The van der Waals surface area contributed by atoms with Crippen LogP contribution in [0.4, 0.5) is 5.82 Å². The Balaban J connectivity index is 1.25. The molecule has 0 spiro atoms. The molecule has 1 aliphatic rings. The van der Waals surface area contributed by atoms with Gasteiger partial charge in [-0.05, 0) is 31.0 Å². The van der Waals surface area contributed by atoms with Gasteiger partial charge in [-0.1, -0.05) is 24.3 Å². The number of hydrogen-bond acceptors (Lipinski definition) is 8. The third-order valence-electron chi connectivity index (χ3n) is 5.87. The number of anilines is 1. The number of hydrogen-bond donors (Lipinski definition) is 4. The predicted octanol–water partition coefficient (Wildman–Crippen LogP) is 1.30. The number of carbonyl (C=O) groups excluding carboxylic acids is 1. The lowest BCUT2D eigenvalue weighted by Gasteiger charge is -2.16. The van der Waals surface area contributed by atoms with Crippen LogP contribution >= 0.6 is 0 Å². The van der Waals surface area contributed by atoms with Crippen LogP contribution in [0.3, 0.4) is 0 Å². The predicted molar refractivity (Wildman–Crippen MR) is 130 cm³/mol. The van der Waals surface area contributed by atoms with E-state index in [-0.39, 0.29) is 29.8 Å². The highest BCUT2D eigenvalue weighted by Crippen LogP contribution is 2.25. The van der Waals surface area contributed by atoms with E-state index in [0.29, 0.717) is 37.1 Å². The maximum absolute atomic E-state index is 13.1. The van der Waals surface area contributed by atoms with Gasteiger partial charge in [-0.25, -0.2) is 14.9 Å². The number of amides is 1. The first kappa shape index (κ1) is 23.0. The molecule has 5 rings (SSSR count). The molecule has 1 aromatic carbocycles. The lowest BCUT2D eigenvalue weighted by molar-refractivity contribution is -0.124. The van der Waals surface area contributed by atoms with Gasteiger partial charge in [0.25, 0.3) is 5.56 Å². The Kier molecular flexibility index (Phi) is 6.56. The third-order valence-corrected chi connectivity index (χ3v) is 5.87. The summed E-state index contributed by atoms with van der Waals surface area (Å²) in [5.41, 5.74) is 1.51. The first-order valence-electron chi connectivity index (χ1n) is 11.5. The van der Waals surface area contributed by atoms with Crippen LogP contribution in [-0.2, 0) is 24.2 Å². The molecular weight excluding hydrogens is 464 g/mol. The van der Waals surface area contributed by atoms with Crippen molar-refractivity contribution < 1.29 is 9.53 Å². The zero-order valence-electron chi connectivity index (χ0n) is 19.2. The van der Waals surface area contributed by atoms with Crippen molar-refractivity contribution in [3.63, 3.8) is 0 Å². The Morgan fingerprint density at radius 1 is 1.14 bits per heavy atom. The van der Waals surface area contributed by atoms with E-state index < -0.39 is 11.7 Å². The van der Waals surface area contributed by atoms with Crippen LogP contribution in [0.15, 0.2) is 64.4 Å². The topological polar surface area (TPSA) is 160 Å². The fourth-order valence-electron chi connectivity index (χ4n) is 4.12. The number of pyridine rings is 1. The lowest BCUT2D eigenvalue weighted by Crippen LogP contribution is -2.36. The molecule has 0 radical (unpaired) electrons. The van der Waals surface area contributed by atoms with Gasteiger partial charge in [0.05, 0.1) is 0 Å². The Bertz CT molecular complexity index is 1480. The minimum atomic E-state index is -0.636. The summed E-state index contributed by atoms with van der Waals surface area (Å²) in [6.07, 6.45) is 5.10. The van der Waals surface area contributed by atoms with Gasteiger partial charge in [-0.2, -0.15) is 0 Å². The Labute approximate surface area is 204 Å². The second-order valence-corrected chi connectivity index (χ2v) is 8.24. The molecule has 0 aliphatic carbocycles. The fourth-order valence-corrected chi connectivity index (χ4v) is 4.12. The summed E-state index contributed by atoms with van der Waals surface area (Å²) >= 11 is 0. The van der Waals surface area contributed by atoms with Crippen molar-refractivity contribution in [1.29, 1.82) is 0 Å². The summed E-state index contributed by atoms with van der Waals surface area (Å²) in [5.74, 6) is 0.374. The zero-order chi connectivity index (χ0) is 24.9. The monoisotopic (exact) mass is 488 g/mol. The minimum Gasteiger partial charge on any atom is -0.424 e. The Morgan fingerprint density at radius 2 is 2.00 bits per heavy atom. The SMILES string of the molecule is O=C(NCc1ccccc1Oc1n[nH]c(=O)[nH]1)[C@@H]1CCc2cnc(NCCc3ccccn3)c(=O)n21. The van der Waals surface area contributed by atoms with Crippen molar-refractivity contribution >= 4 is 11.7 Å². The molecule has 12 heteroatoms. The molecule has 12 nitrogen and oxygen atoms in total. The number of rotatable bonds is 9. The van der Waals surface area contributed by atoms with Crippen molar-refractivity contribution in [2.75, 3.05) is 11.9 Å². The van der Waals surface area contributed by atoms with Crippen LogP contribution in [0.2, 0.25) is 0 Å². The van der Waals surface area contributed by atoms with Crippen molar-refractivity contribution in [2.24, 2.45) is 0 Å². The van der Waals surface area contributed by atoms with Gasteiger partial charge in [0, 0.05) is 48.9 Å². The van der Waals surface area contributed by atoms with Crippen LogP contribution in [0.5, 0.6) is 11.8 Å². The largest absolute Gasteiger partial charge is 0.424 e. The van der Waals surface area contributed by atoms with E-state index in [0.717, 1.165) is 11.4 Å². The lowest BCUT2D eigenvalue weighted by atomic mass is 10.1. The third kappa shape index (κ3) is 5.02. The maximum Gasteiger partial charge on any atom is 0.343 e. The second kappa shape index (κ2) is 10.3. The molecule has 4 aromatic rings. The fraction of sp³-hybridized carbons (Fsp3) is 0.250. The van der Waals surface area contributed by atoms with Crippen molar-refractivity contribution in [3.8, 4) is 11.8 Å². The van der Waals surface area contributed by atoms with Crippen LogP contribution in [0, 0.1) is 0 Å². The summed E-state index contributed by atoms with van der Waals surface area (Å²) in [5, 5.41) is 11.9. The smallest absolute Gasteiger partial charge is 0.343 e. The summed E-state index contributed by atoms with van der Waals surface area (Å²) in [6, 6.07) is 12.1.